The molecule has 0 unspecified atom stereocenters. The van der Waals surface area contributed by atoms with Gasteiger partial charge in [-0.1, -0.05) is 36.5 Å². The number of thiocarbonyl (C=S) groups is 1. The van der Waals surface area contributed by atoms with Crippen molar-refractivity contribution in [2.45, 2.75) is 0 Å². The first-order valence-electron chi connectivity index (χ1n) is 6.00. The largest absolute Gasteiger partial charge is 0.423 e. The van der Waals surface area contributed by atoms with Crippen molar-refractivity contribution < 1.29 is 4.74 Å². The molecule has 5 nitrogen and oxygen atoms in total. The molecule has 0 spiro atoms. The second-order valence-electron chi connectivity index (χ2n) is 4.32. The van der Waals surface area contributed by atoms with Crippen LogP contribution in [0.3, 0.4) is 0 Å². The molecule has 0 aliphatic rings. The number of aryl methyl sites for hydroxylation is 1. The van der Waals surface area contributed by atoms with E-state index in [0.29, 0.717) is 16.7 Å². The van der Waals surface area contributed by atoms with Gasteiger partial charge in [-0.3, -0.25) is 4.68 Å². The third-order valence-corrected chi connectivity index (χ3v) is 3.15. The summed E-state index contributed by atoms with van der Waals surface area (Å²) in [6, 6.07) is 11.8. The maximum Gasteiger partial charge on any atom is 0.340 e. The lowest BCUT2D eigenvalue weighted by atomic mass is 10.0. The van der Waals surface area contributed by atoms with Crippen LogP contribution in [0.4, 0.5) is 0 Å². The van der Waals surface area contributed by atoms with E-state index >= 15 is 0 Å². The molecule has 0 atom stereocenters. The molecule has 20 heavy (non-hydrogen) atoms. The number of rotatable bonds is 3. The third kappa shape index (κ3) is 2.21. The molecule has 0 saturated carbocycles. The van der Waals surface area contributed by atoms with Gasteiger partial charge in [0.1, 0.15) is 17.1 Å². The van der Waals surface area contributed by atoms with Crippen LogP contribution in [0.5, 0.6) is 11.8 Å². The molecule has 6 heteroatoms. The minimum atomic E-state index is 0.306. The number of nitrogens with two attached hydrogens (primary N) is 1. The Morgan fingerprint density at radius 1 is 1.20 bits per heavy atom. The molecular formula is C14H12N4OS. The maximum absolute atomic E-state index is 5.75. The fourth-order valence-corrected chi connectivity index (χ4v) is 2.22. The van der Waals surface area contributed by atoms with E-state index in [2.05, 4.69) is 10.1 Å². The summed E-state index contributed by atoms with van der Waals surface area (Å²) in [7, 11) is 1.79. The Balaban J connectivity index is 2.12. The Labute approximate surface area is 121 Å². The van der Waals surface area contributed by atoms with E-state index in [0.717, 1.165) is 16.3 Å². The maximum atomic E-state index is 5.75. The molecule has 0 aliphatic heterocycles. The van der Waals surface area contributed by atoms with Gasteiger partial charge in [0.25, 0.3) is 0 Å². The van der Waals surface area contributed by atoms with E-state index < -0.39 is 0 Å². The molecule has 2 aromatic carbocycles. The topological polar surface area (TPSA) is 66.0 Å². The quantitative estimate of drug-likeness (QED) is 0.748. The van der Waals surface area contributed by atoms with Gasteiger partial charge in [0.05, 0.1) is 0 Å². The molecule has 0 radical (unpaired) electrons. The normalized spacial score (nSPS) is 10.7. The molecule has 1 aromatic heterocycles. The minimum absolute atomic E-state index is 0.306. The minimum Gasteiger partial charge on any atom is -0.423 e. The first-order valence-corrected chi connectivity index (χ1v) is 6.41. The van der Waals surface area contributed by atoms with E-state index in [9.17, 15) is 0 Å². The number of hydrogen-bond acceptors (Lipinski definition) is 4. The molecule has 3 aromatic rings. The number of benzene rings is 2. The predicted molar refractivity (Wildman–Crippen MR) is 80.9 cm³/mol. The molecule has 0 bridgehead atoms. The van der Waals surface area contributed by atoms with Crippen LogP contribution < -0.4 is 10.5 Å². The van der Waals surface area contributed by atoms with Crippen LogP contribution >= 0.6 is 12.2 Å². The van der Waals surface area contributed by atoms with Crippen LogP contribution in [0, 0.1) is 0 Å². The van der Waals surface area contributed by atoms with E-state index in [1.165, 1.54) is 0 Å². The molecule has 0 amide bonds. The van der Waals surface area contributed by atoms with Crippen molar-refractivity contribution in [3.8, 4) is 11.8 Å². The van der Waals surface area contributed by atoms with Crippen LogP contribution in [0.2, 0.25) is 0 Å². The van der Waals surface area contributed by atoms with Crippen LogP contribution in [0.25, 0.3) is 10.8 Å². The number of ether oxygens (including phenoxy) is 1. The van der Waals surface area contributed by atoms with E-state index in [1.54, 1.807) is 18.1 Å². The smallest absolute Gasteiger partial charge is 0.340 e. The Morgan fingerprint density at radius 2 is 1.95 bits per heavy atom. The van der Waals surface area contributed by atoms with Gasteiger partial charge >= 0.3 is 6.01 Å². The highest BCUT2D eigenvalue weighted by atomic mass is 32.1. The Morgan fingerprint density at radius 3 is 2.60 bits per heavy atom. The lowest BCUT2D eigenvalue weighted by Gasteiger charge is -2.09. The summed E-state index contributed by atoms with van der Waals surface area (Å²) >= 11 is 5.07. The molecule has 2 N–H and O–H groups in total. The second-order valence-corrected chi connectivity index (χ2v) is 4.76. The van der Waals surface area contributed by atoms with Gasteiger partial charge in [0.15, 0.2) is 0 Å². The molecule has 0 aliphatic carbocycles. The molecular weight excluding hydrogens is 272 g/mol. The Kier molecular flexibility index (Phi) is 3.08. The number of aromatic nitrogens is 3. The summed E-state index contributed by atoms with van der Waals surface area (Å²) < 4.78 is 7.30. The summed E-state index contributed by atoms with van der Waals surface area (Å²) in [5, 5.41) is 5.98. The average molecular weight is 284 g/mol. The van der Waals surface area contributed by atoms with Crippen molar-refractivity contribution in [2.24, 2.45) is 12.8 Å². The molecule has 0 saturated heterocycles. The van der Waals surface area contributed by atoms with Crippen LogP contribution in [-0.4, -0.2) is 19.8 Å². The second kappa shape index (κ2) is 4.90. The van der Waals surface area contributed by atoms with Crippen molar-refractivity contribution in [2.75, 3.05) is 0 Å². The molecule has 100 valence electrons. The molecule has 0 fully saturated rings. The van der Waals surface area contributed by atoms with Gasteiger partial charge in [0, 0.05) is 18.0 Å². The SMILES string of the molecule is Cn1cnc(Oc2ccc(C(N)=S)c3ccccc23)n1. The van der Waals surface area contributed by atoms with Crippen molar-refractivity contribution in [3.05, 3.63) is 48.3 Å². The zero-order valence-corrected chi connectivity index (χ0v) is 11.6. The number of nitrogens with zero attached hydrogens (tertiary/aromatic N) is 3. The zero-order valence-electron chi connectivity index (χ0n) is 10.8. The van der Waals surface area contributed by atoms with Gasteiger partial charge in [0.2, 0.25) is 0 Å². The lowest BCUT2D eigenvalue weighted by molar-refractivity contribution is 0.443. The van der Waals surface area contributed by atoms with Gasteiger partial charge < -0.3 is 10.5 Å². The first-order chi connectivity index (χ1) is 9.65. The zero-order chi connectivity index (χ0) is 14.1. The van der Waals surface area contributed by atoms with Crippen LogP contribution in [0.1, 0.15) is 5.56 Å². The van der Waals surface area contributed by atoms with Crippen molar-refractivity contribution in [1.29, 1.82) is 0 Å². The highest BCUT2D eigenvalue weighted by Crippen LogP contribution is 2.30. The summed E-state index contributed by atoms with van der Waals surface area (Å²) in [5.74, 6) is 0.673. The van der Waals surface area contributed by atoms with Crippen molar-refractivity contribution in [1.82, 2.24) is 14.8 Å². The third-order valence-electron chi connectivity index (χ3n) is 2.93. The fourth-order valence-electron chi connectivity index (χ4n) is 2.04. The van der Waals surface area contributed by atoms with Gasteiger partial charge in [-0.05, 0) is 17.5 Å². The molecule has 1 heterocycles. The van der Waals surface area contributed by atoms with Crippen molar-refractivity contribution in [3.63, 3.8) is 0 Å². The molecule has 3 rings (SSSR count). The average Bonchev–Trinajstić information content (AvgIpc) is 2.84. The van der Waals surface area contributed by atoms with Crippen LogP contribution in [0.15, 0.2) is 42.7 Å². The number of fused-ring (bicyclic) bond motifs is 1. The van der Waals surface area contributed by atoms with Crippen LogP contribution in [-0.2, 0) is 7.05 Å². The van der Waals surface area contributed by atoms with Gasteiger partial charge in [-0.25, -0.2) is 0 Å². The van der Waals surface area contributed by atoms with Crippen molar-refractivity contribution >= 4 is 28.0 Å². The van der Waals surface area contributed by atoms with E-state index in [1.807, 2.05) is 36.4 Å². The highest BCUT2D eigenvalue weighted by molar-refractivity contribution is 7.80. The Bertz CT molecular complexity index is 797. The standard InChI is InChI=1S/C14H12N4OS/c1-18-8-16-14(17-18)19-12-7-6-11(13(15)20)9-4-2-3-5-10(9)12/h2-8H,1H3,(H2,15,20). The first kappa shape index (κ1) is 12.6. The summed E-state index contributed by atoms with van der Waals surface area (Å²) in [4.78, 5) is 4.42. The monoisotopic (exact) mass is 284 g/mol. The predicted octanol–water partition coefficient (Wildman–Crippen LogP) is 2.39. The summed E-state index contributed by atoms with van der Waals surface area (Å²) in [6.45, 7) is 0. The lowest BCUT2D eigenvalue weighted by Crippen LogP contribution is -2.09. The number of hydrogen-bond donors (Lipinski definition) is 1. The summed E-state index contributed by atoms with van der Waals surface area (Å²) in [6.07, 6.45) is 1.58. The van der Waals surface area contributed by atoms with E-state index in [-0.39, 0.29) is 0 Å². The summed E-state index contributed by atoms with van der Waals surface area (Å²) in [5.41, 5.74) is 6.58. The highest BCUT2D eigenvalue weighted by Gasteiger charge is 2.10. The Hall–Kier alpha value is -2.47. The van der Waals surface area contributed by atoms with E-state index in [4.69, 9.17) is 22.7 Å². The fraction of sp³-hybridized carbons (Fsp3) is 0.0714. The van der Waals surface area contributed by atoms with Gasteiger partial charge in [-0.15, -0.1) is 5.10 Å². The van der Waals surface area contributed by atoms with Gasteiger partial charge in [-0.2, -0.15) is 4.98 Å².